The molecule has 0 bridgehead atoms. The predicted molar refractivity (Wildman–Crippen MR) is 94.0 cm³/mol. The van der Waals surface area contributed by atoms with Gasteiger partial charge in [-0.3, -0.25) is 0 Å². The minimum Gasteiger partial charge on any atom is -0.300 e. The van der Waals surface area contributed by atoms with Crippen molar-refractivity contribution in [3.05, 3.63) is 40.4 Å². The van der Waals surface area contributed by atoms with E-state index in [-0.39, 0.29) is 6.04 Å². The van der Waals surface area contributed by atoms with E-state index in [9.17, 15) is 0 Å². The van der Waals surface area contributed by atoms with Gasteiger partial charge in [0.2, 0.25) is 0 Å². The fourth-order valence-corrected chi connectivity index (χ4v) is 4.77. The van der Waals surface area contributed by atoms with E-state index in [1.807, 2.05) is 17.8 Å². The molecular formula is C17H21ClN4S. The van der Waals surface area contributed by atoms with Crippen LogP contribution in [0.5, 0.6) is 0 Å². The van der Waals surface area contributed by atoms with Crippen molar-refractivity contribution in [1.82, 2.24) is 20.1 Å². The standard InChI is InChI=1S/C17H21ClN4S/c1-2-16-20-17-14(4-3-8-22(17)21-16)19-13-7-9-23-15-6-5-11(18)10-12(13)15/h5-6,10,13-14,19H,2-4,7-9H2,1H3/t13-,14-/m0/s1. The Labute approximate surface area is 146 Å². The Morgan fingerprint density at radius 2 is 2.26 bits per heavy atom. The Kier molecular flexibility index (Phi) is 4.35. The van der Waals surface area contributed by atoms with Crippen LogP contribution in [0.25, 0.3) is 0 Å². The van der Waals surface area contributed by atoms with E-state index in [2.05, 4.69) is 34.2 Å². The summed E-state index contributed by atoms with van der Waals surface area (Å²) in [5.74, 6) is 3.21. The van der Waals surface area contributed by atoms with Crippen LogP contribution >= 0.6 is 23.4 Å². The summed E-state index contributed by atoms with van der Waals surface area (Å²) in [4.78, 5) is 6.10. The van der Waals surface area contributed by atoms with Crippen molar-refractivity contribution in [1.29, 1.82) is 0 Å². The van der Waals surface area contributed by atoms with Crippen molar-refractivity contribution in [3.63, 3.8) is 0 Å². The summed E-state index contributed by atoms with van der Waals surface area (Å²) < 4.78 is 2.09. The van der Waals surface area contributed by atoms with Crippen LogP contribution in [-0.4, -0.2) is 20.5 Å². The van der Waals surface area contributed by atoms with Gasteiger partial charge in [0.15, 0.2) is 5.82 Å². The van der Waals surface area contributed by atoms with Crippen molar-refractivity contribution >= 4 is 23.4 Å². The highest BCUT2D eigenvalue weighted by atomic mass is 35.5. The molecule has 0 aliphatic carbocycles. The summed E-state index contributed by atoms with van der Waals surface area (Å²) in [6.07, 6.45) is 4.30. The Hall–Kier alpha value is -1.04. The summed E-state index contributed by atoms with van der Waals surface area (Å²) in [5.41, 5.74) is 1.33. The van der Waals surface area contributed by atoms with Gasteiger partial charge in [-0.05, 0) is 48.8 Å². The summed E-state index contributed by atoms with van der Waals surface area (Å²) in [6.45, 7) is 3.10. The maximum atomic E-state index is 6.22. The average molecular weight is 349 g/mol. The highest BCUT2D eigenvalue weighted by Gasteiger charge is 2.29. The first-order valence-corrected chi connectivity index (χ1v) is 9.73. The number of fused-ring (bicyclic) bond motifs is 2. The van der Waals surface area contributed by atoms with Gasteiger partial charge < -0.3 is 5.32 Å². The molecule has 2 aliphatic rings. The van der Waals surface area contributed by atoms with E-state index >= 15 is 0 Å². The molecule has 0 radical (unpaired) electrons. The molecule has 2 aromatic rings. The molecule has 122 valence electrons. The first-order chi connectivity index (χ1) is 11.2. The molecule has 0 saturated carbocycles. The fraction of sp³-hybridized carbons (Fsp3) is 0.529. The predicted octanol–water partition coefficient (Wildman–Crippen LogP) is 4.16. The number of nitrogens with zero attached hydrogens (tertiary/aromatic N) is 3. The maximum Gasteiger partial charge on any atom is 0.150 e. The van der Waals surface area contributed by atoms with Crippen molar-refractivity contribution in [3.8, 4) is 0 Å². The van der Waals surface area contributed by atoms with E-state index < -0.39 is 0 Å². The Morgan fingerprint density at radius 3 is 3.13 bits per heavy atom. The number of halogens is 1. The van der Waals surface area contributed by atoms with Crippen LogP contribution in [0.2, 0.25) is 5.02 Å². The number of hydrogen-bond donors (Lipinski definition) is 1. The molecular weight excluding hydrogens is 328 g/mol. The zero-order valence-electron chi connectivity index (χ0n) is 13.3. The minimum absolute atomic E-state index is 0.288. The highest BCUT2D eigenvalue weighted by molar-refractivity contribution is 7.99. The van der Waals surface area contributed by atoms with Gasteiger partial charge in [-0.2, -0.15) is 5.10 Å². The second kappa shape index (κ2) is 6.46. The maximum absolute atomic E-state index is 6.22. The van der Waals surface area contributed by atoms with Crippen molar-refractivity contribution in [2.75, 3.05) is 5.75 Å². The summed E-state index contributed by atoms with van der Waals surface area (Å²) in [6, 6.07) is 6.89. The SMILES string of the molecule is CCc1nc2n(n1)CCC[C@@H]2N[C@H]1CCSc2ccc(Cl)cc21. The minimum atomic E-state index is 0.288. The lowest BCUT2D eigenvalue weighted by molar-refractivity contribution is 0.330. The van der Waals surface area contributed by atoms with Gasteiger partial charge >= 0.3 is 0 Å². The van der Waals surface area contributed by atoms with Crippen LogP contribution < -0.4 is 5.32 Å². The van der Waals surface area contributed by atoms with Gasteiger partial charge in [0.25, 0.3) is 0 Å². The smallest absolute Gasteiger partial charge is 0.150 e. The first-order valence-electron chi connectivity index (χ1n) is 8.36. The van der Waals surface area contributed by atoms with E-state index in [1.165, 1.54) is 10.5 Å². The Balaban J connectivity index is 1.61. The molecule has 0 unspecified atom stereocenters. The molecule has 1 aromatic heterocycles. The van der Waals surface area contributed by atoms with Gasteiger partial charge in [0.1, 0.15) is 5.82 Å². The molecule has 0 spiro atoms. The second-order valence-corrected chi connectivity index (χ2v) is 7.77. The van der Waals surface area contributed by atoms with Gasteiger partial charge in [0.05, 0.1) is 6.04 Å². The number of rotatable bonds is 3. The molecule has 4 nitrogen and oxygen atoms in total. The largest absolute Gasteiger partial charge is 0.300 e. The number of hydrogen-bond acceptors (Lipinski definition) is 4. The number of nitrogens with one attached hydrogen (secondary N) is 1. The first kappa shape index (κ1) is 15.5. The third-order valence-corrected chi connectivity index (χ3v) is 6.01. The zero-order valence-corrected chi connectivity index (χ0v) is 14.8. The number of benzene rings is 1. The van der Waals surface area contributed by atoms with Gasteiger partial charge in [-0.25, -0.2) is 9.67 Å². The Morgan fingerprint density at radius 1 is 1.35 bits per heavy atom. The van der Waals surface area contributed by atoms with E-state index in [0.717, 1.165) is 54.7 Å². The van der Waals surface area contributed by atoms with Gasteiger partial charge in [0, 0.05) is 28.9 Å². The lowest BCUT2D eigenvalue weighted by Gasteiger charge is -2.31. The molecule has 0 amide bonds. The molecule has 1 N–H and O–H groups in total. The lowest BCUT2D eigenvalue weighted by atomic mass is 10.00. The van der Waals surface area contributed by atoms with Crippen molar-refractivity contribution in [2.45, 2.75) is 56.1 Å². The molecule has 0 fully saturated rings. The highest BCUT2D eigenvalue weighted by Crippen LogP contribution is 2.39. The summed E-state index contributed by atoms with van der Waals surface area (Å²) in [7, 11) is 0. The molecule has 1 aromatic carbocycles. The normalized spacial score (nSPS) is 23.4. The van der Waals surface area contributed by atoms with Crippen LogP contribution in [0.4, 0.5) is 0 Å². The third kappa shape index (κ3) is 3.02. The summed E-state index contributed by atoms with van der Waals surface area (Å²) >= 11 is 8.15. The van der Waals surface area contributed by atoms with E-state index in [4.69, 9.17) is 16.6 Å². The molecule has 6 heteroatoms. The quantitative estimate of drug-likeness (QED) is 0.904. The Bertz CT molecular complexity index is 715. The number of aromatic nitrogens is 3. The molecule has 2 aliphatic heterocycles. The van der Waals surface area contributed by atoms with Crippen molar-refractivity contribution in [2.24, 2.45) is 0 Å². The second-order valence-electron chi connectivity index (χ2n) is 6.20. The van der Waals surface area contributed by atoms with Crippen LogP contribution in [0.1, 0.15) is 55.5 Å². The molecule has 0 saturated heterocycles. The fourth-order valence-electron chi connectivity index (χ4n) is 3.49. The topological polar surface area (TPSA) is 42.7 Å². The monoisotopic (exact) mass is 348 g/mol. The van der Waals surface area contributed by atoms with Crippen LogP contribution in [0, 0.1) is 0 Å². The lowest BCUT2D eigenvalue weighted by Crippen LogP contribution is -2.33. The van der Waals surface area contributed by atoms with Crippen LogP contribution in [-0.2, 0) is 13.0 Å². The number of aryl methyl sites for hydroxylation is 2. The molecule has 2 atom stereocenters. The van der Waals surface area contributed by atoms with Crippen LogP contribution in [0.3, 0.4) is 0 Å². The molecule has 3 heterocycles. The zero-order chi connectivity index (χ0) is 15.8. The number of thioether (sulfide) groups is 1. The van der Waals surface area contributed by atoms with Gasteiger partial charge in [-0.1, -0.05) is 18.5 Å². The third-order valence-electron chi connectivity index (χ3n) is 4.65. The summed E-state index contributed by atoms with van der Waals surface area (Å²) in [5, 5.41) is 9.27. The average Bonchev–Trinajstić information content (AvgIpc) is 3.00. The van der Waals surface area contributed by atoms with E-state index in [1.54, 1.807) is 0 Å². The molecule has 4 rings (SSSR count). The van der Waals surface area contributed by atoms with Gasteiger partial charge in [-0.15, -0.1) is 11.8 Å². The van der Waals surface area contributed by atoms with E-state index in [0.29, 0.717) is 6.04 Å². The van der Waals surface area contributed by atoms with Crippen LogP contribution in [0.15, 0.2) is 23.1 Å². The molecule has 23 heavy (non-hydrogen) atoms. The van der Waals surface area contributed by atoms with Crippen molar-refractivity contribution < 1.29 is 0 Å².